The SMILES string of the molecule is Cc1cc(I)ccc1NC(=O)CSc1ccncc1N. The number of amides is 1. The van der Waals surface area contributed by atoms with Crippen molar-refractivity contribution in [2.45, 2.75) is 11.8 Å². The molecule has 0 aliphatic carbocycles. The van der Waals surface area contributed by atoms with Gasteiger partial charge in [0.2, 0.25) is 5.91 Å². The second-order valence-electron chi connectivity index (χ2n) is 4.21. The number of carbonyl (C=O) groups is 1. The predicted molar refractivity (Wildman–Crippen MR) is 91.9 cm³/mol. The van der Waals surface area contributed by atoms with Gasteiger partial charge in [-0.05, 0) is 59.3 Å². The maximum Gasteiger partial charge on any atom is 0.234 e. The maximum absolute atomic E-state index is 11.9. The molecule has 20 heavy (non-hydrogen) atoms. The van der Waals surface area contributed by atoms with E-state index in [1.54, 1.807) is 12.4 Å². The van der Waals surface area contributed by atoms with Crippen LogP contribution < -0.4 is 11.1 Å². The molecule has 0 fully saturated rings. The molecule has 1 amide bonds. The summed E-state index contributed by atoms with van der Waals surface area (Å²) in [5.41, 5.74) is 8.28. The molecule has 2 rings (SSSR count). The number of hydrogen-bond acceptors (Lipinski definition) is 4. The molecule has 0 atom stereocenters. The molecule has 3 N–H and O–H groups in total. The predicted octanol–water partition coefficient (Wildman–Crippen LogP) is 3.31. The van der Waals surface area contributed by atoms with E-state index in [0.717, 1.165) is 19.7 Å². The Labute approximate surface area is 135 Å². The number of anilines is 2. The molecular weight excluding hydrogens is 385 g/mol. The lowest BCUT2D eigenvalue weighted by Gasteiger charge is -2.09. The van der Waals surface area contributed by atoms with Gasteiger partial charge in [0.05, 0.1) is 17.6 Å². The van der Waals surface area contributed by atoms with Crippen molar-refractivity contribution in [3.8, 4) is 0 Å². The van der Waals surface area contributed by atoms with Gasteiger partial charge in [-0.1, -0.05) is 0 Å². The summed E-state index contributed by atoms with van der Waals surface area (Å²) in [6, 6.07) is 7.73. The van der Waals surface area contributed by atoms with Crippen LogP contribution in [-0.2, 0) is 4.79 Å². The Morgan fingerprint density at radius 3 is 2.95 bits per heavy atom. The van der Waals surface area contributed by atoms with Crippen LogP contribution in [0.15, 0.2) is 41.6 Å². The van der Waals surface area contributed by atoms with Crippen LogP contribution in [0.1, 0.15) is 5.56 Å². The maximum atomic E-state index is 11.9. The number of nitrogens with zero attached hydrogens (tertiary/aromatic N) is 1. The molecule has 0 aliphatic rings. The highest BCUT2D eigenvalue weighted by molar-refractivity contribution is 14.1. The number of rotatable bonds is 4. The lowest BCUT2D eigenvalue weighted by atomic mass is 10.2. The number of benzene rings is 1. The number of aryl methyl sites for hydroxylation is 1. The zero-order valence-electron chi connectivity index (χ0n) is 10.9. The second-order valence-corrected chi connectivity index (χ2v) is 6.47. The molecule has 0 spiro atoms. The fourth-order valence-corrected chi connectivity index (χ4v) is 3.00. The number of nitrogens with one attached hydrogen (secondary N) is 1. The van der Waals surface area contributed by atoms with Crippen LogP contribution in [0, 0.1) is 10.5 Å². The van der Waals surface area contributed by atoms with E-state index in [1.165, 1.54) is 11.8 Å². The van der Waals surface area contributed by atoms with Gasteiger partial charge in [0.25, 0.3) is 0 Å². The number of hydrogen-bond donors (Lipinski definition) is 2. The number of aromatic nitrogens is 1. The van der Waals surface area contributed by atoms with Gasteiger partial charge in [-0.3, -0.25) is 9.78 Å². The third-order valence-corrected chi connectivity index (χ3v) is 4.39. The molecule has 0 bridgehead atoms. The van der Waals surface area contributed by atoms with E-state index in [-0.39, 0.29) is 5.91 Å². The minimum Gasteiger partial charge on any atom is -0.397 e. The molecule has 1 aromatic heterocycles. The lowest BCUT2D eigenvalue weighted by Crippen LogP contribution is -2.15. The van der Waals surface area contributed by atoms with Gasteiger partial charge in [0, 0.05) is 20.3 Å². The Hall–Kier alpha value is -1.28. The van der Waals surface area contributed by atoms with Gasteiger partial charge in [-0.15, -0.1) is 11.8 Å². The van der Waals surface area contributed by atoms with Crippen molar-refractivity contribution in [3.05, 3.63) is 45.8 Å². The van der Waals surface area contributed by atoms with E-state index in [2.05, 4.69) is 32.9 Å². The molecule has 0 saturated carbocycles. The number of halogens is 1. The van der Waals surface area contributed by atoms with Crippen molar-refractivity contribution in [2.24, 2.45) is 0 Å². The number of pyridine rings is 1. The highest BCUT2D eigenvalue weighted by Crippen LogP contribution is 2.24. The standard InChI is InChI=1S/C14H14IN3OS/c1-9-6-10(15)2-3-12(9)18-14(19)8-20-13-4-5-17-7-11(13)16/h2-7H,8,16H2,1H3,(H,18,19). The third-order valence-electron chi connectivity index (χ3n) is 2.63. The normalized spacial score (nSPS) is 10.3. The Bertz CT molecular complexity index is 634. The van der Waals surface area contributed by atoms with Gasteiger partial charge in [0.1, 0.15) is 0 Å². The Kier molecular flexibility index (Phi) is 5.24. The zero-order chi connectivity index (χ0) is 14.5. The van der Waals surface area contributed by atoms with Gasteiger partial charge >= 0.3 is 0 Å². The summed E-state index contributed by atoms with van der Waals surface area (Å²) in [7, 11) is 0. The highest BCUT2D eigenvalue weighted by Gasteiger charge is 2.07. The third kappa shape index (κ3) is 4.11. The summed E-state index contributed by atoms with van der Waals surface area (Å²) in [6.07, 6.45) is 3.25. The van der Waals surface area contributed by atoms with Crippen molar-refractivity contribution in [1.29, 1.82) is 0 Å². The van der Waals surface area contributed by atoms with Gasteiger partial charge in [-0.2, -0.15) is 0 Å². The first-order valence-corrected chi connectivity index (χ1v) is 8.01. The van der Waals surface area contributed by atoms with Crippen LogP contribution in [0.3, 0.4) is 0 Å². The van der Waals surface area contributed by atoms with E-state index in [4.69, 9.17) is 5.73 Å². The molecule has 1 heterocycles. The minimum atomic E-state index is -0.0458. The second kappa shape index (κ2) is 6.94. The Morgan fingerprint density at radius 1 is 1.45 bits per heavy atom. The monoisotopic (exact) mass is 399 g/mol. The van der Waals surface area contributed by atoms with Gasteiger partial charge in [0.15, 0.2) is 0 Å². The molecule has 0 unspecified atom stereocenters. The van der Waals surface area contributed by atoms with Crippen molar-refractivity contribution in [1.82, 2.24) is 4.98 Å². The summed E-state index contributed by atoms with van der Waals surface area (Å²) in [4.78, 5) is 16.7. The largest absolute Gasteiger partial charge is 0.397 e. The average molecular weight is 399 g/mol. The molecule has 0 aliphatic heterocycles. The van der Waals surface area contributed by atoms with Crippen LogP contribution in [0.25, 0.3) is 0 Å². The van der Waals surface area contributed by atoms with Gasteiger partial charge < -0.3 is 11.1 Å². The Morgan fingerprint density at radius 2 is 2.25 bits per heavy atom. The summed E-state index contributed by atoms with van der Waals surface area (Å²) >= 11 is 3.65. The van der Waals surface area contributed by atoms with Crippen molar-refractivity contribution < 1.29 is 4.79 Å². The summed E-state index contributed by atoms with van der Waals surface area (Å²) in [5.74, 6) is 0.273. The molecule has 4 nitrogen and oxygen atoms in total. The average Bonchev–Trinajstić information content (AvgIpc) is 2.41. The first-order chi connectivity index (χ1) is 9.56. The van der Waals surface area contributed by atoms with E-state index >= 15 is 0 Å². The molecule has 2 aromatic rings. The van der Waals surface area contributed by atoms with E-state index in [9.17, 15) is 4.79 Å². The number of carbonyl (C=O) groups excluding carboxylic acids is 1. The quantitative estimate of drug-likeness (QED) is 0.612. The van der Waals surface area contributed by atoms with Gasteiger partial charge in [-0.25, -0.2) is 0 Å². The highest BCUT2D eigenvalue weighted by atomic mass is 127. The van der Waals surface area contributed by atoms with Crippen LogP contribution in [0.5, 0.6) is 0 Å². The molecule has 104 valence electrons. The number of nitrogen functional groups attached to an aromatic ring is 1. The molecule has 0 saturated heterocycles. The van der Waals surface area contributed by atoms with Crippen LogP contribution in [0.4, 0.5) is 11.4 Å². The molecular formula is C14H14IN3OS. The Balaban J connectivity index is 1.94. The molecule has 1 aromatic carbocycles. The smallest absolute Gasteiger partial charge is 0.234 e. The summed E-state index contributed by atoms with van der Waals surface area (Å²) < 4.78 is 1.15. The lowest BCUT2D eigenvalue weighted by molar-refractivity contribution is -0.113. The summed E-state index contributed by atoms with van der Waals surface area (Å²) in [6.45, 7) is 1.98. The topological polar surface area (TPSA) is 68.0 Å². The van der Waals surface area contributed by atoms with Crippen LogP contribution in [-0.4, -0.2) is 16.6 Å². The molecule has 0 radical (unpaired) electrons. The first kappa shape index (κ1) is 15.1. The van der Waals surface area contributed by atoms with Crippen LogP contribution >= 0.6 is 34.4 Å². The van der Waals surface area contributed by atoms with Crippen molar-refractivity contribution in [3.63, 3.8) is 0 Å². The van der Waals surface area contributed by atoms with E-state index < -0.39 is 0 Å². The fourth-order valence-electron chi connectivity index (χ4n) is 1.62. The van der Waals surface area contributed by atoms with Crippen molar-refractivity contribution >= 4 is 51.6 Å². The van der Waals surface area contributed by atoms with E-state index in [1.807, 2.05) is 31.2 Å². The van der Waals surface area contributed by atoms with E-state index in [0.29, 0.717) is 11.4 Å². The van der Waals surface area contributed by atoms with Crippen molar-refractivity contribution in [2.75, 3.05) is 16.8 Å². The number of thioether (sulfide) groups is 1. The molecule has 6 heteroatoms. The zero-order valence-corrected chi connectivity index (χ0v) is 13.9. The number of nitrogens with two attached hydrogens (primary N) is 1. The summed E-state index contributed by atoms with van der Waals surface area (Å²) in [5, 5.41) is 2.91. The first-order valence-electron chi connectivity index (χ1n) is 5.94. The minimum absolute atomic E-state index is 0.0458. The van der Waals surface area contributed by atoms with Crippen LogP contribution in [0.2, 0.25) is 0 Å². The fraction of sp³-hybridized carbons (Fsp3) is 0.143.